The van der Waals surface area contributed by atoms with Gasteiger partial charge in [0.05, 0.1) is 6.61 Å². The summed E-state index contributed by atoms with van der Waals surface area (Å²) < 4.78 is 10.6. The molecule has 0 aliphatic rings. The van der Waals surface area contributed by atoms with E-state index in [4.69, 9.17) is 14.6 Å². The van der Waals surface area contributed by atoms with Gasteiger partial charge >= 0.3 is 5.97 Å². The first-order valence-corrected chi connectivity index (χ1v) is 9.16. The number of thioether (sulfide) groups is 1. The van der Waals surface area contributed by atoms with Crippen molar-refractivity contribution in [1.29, 1.82) is 0 Å². The molecule has 0 heterocycles. The number of benzene rings is 2. The summed E-state index contributed by atoms with van der Waals surface area (Å²) in [5.41, 5.74) is 0.431. The van der Waals surface area contributed by atoms with E-state index < -0.39 is 12.6 Å². The number of hydrogen-bond donors (Lipinski definition) is 2. The SMILES string of the molecule is CCOc1cc(C(=O)NCCSc2ccccc2)ccc1OCC(=O)O. The Balaban J connectivity index is 1.90. The molecule has 2 N–H and O–H groups in total. The molecule has 0 bridgehead atoms. The van der Waals surface area contributed by atoms with Crippen molar-refractivity contribution in [1.82, 2.24) is 5.32 Å². The first-order chi connectivity index (χ1) is 12.6. The molecule has 2 rings (SSSR count). The van der Waals surface area contributed by atoms with Crippen LogP contribution in [0.25, 0.3) is 0 Å². The van der Waals surface area contributed by atoms with E-state index in [1.807, 2.05) is 30.3 Å². The third kappa shape index (κ3) is 6.33. The molecule has 0 unspecified atom stereocenters. The number of carbonyl (C=O) groups is 2. The van der Waals surface area contributed by atoms with Crippen LogP contribution in [-0.4, -0.2) is 42.5 Å². The number of hydrogen-bond acceptors (Lipinski definition) is 5. The van der Waals surface area contributed by atoms with E-state index >= 15 is 0 Å². The average molecular weight is 375 g/mol. The van der Waals surface area contributed by atoms with Gasteiger partial charge in [-0.1, -0.05) is 18.2 Å². The molecule has 6 nitrogen and oxygen atoms in total. The van der Waals surface area contributed by atoms with Crippen LogP contribution in [0.3, 0.4) is 0 Å². The maximum absolute atomic E-state index is 12.3. The van der Waals surface area contributed by atoms with Crippen LogP contribution in [0.4, 0.5) is 0 Å². The normalized spacial score (nSPS) is 10.2. The molecule has 0 fully saturated rings. The highest BCUT2D eigenvalue weighted by atomic mass is 32.2. The second kappa shape index (κ2) is 10.4. The Morgan fingerprint density at radius 3 is 2.54 bits per heavy atom. The highest BCUT2D eigenvalue weighted by Crippen LogP contribution is 2.28. The van der Waals surface area contributed by atoms with Crippen LogP contribution in [0.5, 0.6) is 11.5 Å². The Kier molecular flexibility index (Phi) is 7.82. The van der Waals surface area contributed by atoms with Crippen molar-refractivity contribution in [3.8, 4) is 11.5 Å². The second-order valence-corrected chi connectivity index (χ2v) is 6.36. The Hall–Kier alpha value is -2.67. The highest BCUT2D eigenvalue weighted by Gasteiger charge is 2.12. The fourth-order valence-electron chi connectivity index (χ4n) is 2.13. The van der Waals surface area contributed by atoms with Crippen LogP contribution in [0.15, 0.2) is 53.4 Å². The molecule has 0 spiro atoms. The lowest BCUT2D eigenvalue weighted by Crippen LogP contribution is -2.25. The van der Waals surface area contributed by atoms with Crippen molar-refractivity contribution in [3.05, 3.63) is 54.1 Å². The van der Waals surface area contributed by atoms with Gasteiger partial charge in [-0.25, -0.2) is 4.79 Å². The zero-order valence-corrected chi connectivity index (χ0v) is 15.3. The Bertz CT molecular complexity index is 736. The van der Waals surface area contributed by atoms with Crippen molar-refractivity contribution >= 4 is 23.6 Å². The molecule has 0 radical (unpaired) electrons. The summed E-state index contributed by atoms with van der Waals surface area (Å²) in [6.07, 6.45) is 0. The number of carboxylic acids is 1. The zero-order chi connectivity index (χ0) is 18.8. The smallest absolute Gasteiger partial charge is 0.341 e. The van der Waals surface area contributed by atoms with Gasteiger partial charge in [0.1, 0.15) is 0 Å². The summed E-state index contributed by atoms with van der Waals surface area (Å²) in [5.74, 6) is 0.105. The molecule has 138 valence electrons. The van der Waals surface area contributed by atoms with E-state index in [9.17, 15) is 9.59 Å². The van der Waals surface area contributed by atoms with Gasteiger partial charge in [-0.05, 0) is 37.3 Å². The van der Waals surface area contributed by atoms with E-state index in [1.54, 1.807) is 36.9 Å². The van der Waals surface area contributed by atoms with E-state index in [0.717, 1.165) is 10.6 Å². The van der Waals surface area contributed by atoms with Crippen molar-refractivity contribution in [3.63, 3.8) is 0 Å². The molecule has 7 heteroatoms. The first kappa shape index (κ1) is 19.7. The van der Waals surface area contributed by atoms with Crippen LogP contribution in [0, 0.1) is 0 Å². The van der Waals surface area contributed by atoms with Crippen LogP contribution < -0.4 is 14.8 Å². The predicted molar refractivity (Wildman–Crippen MR) is 100 cm³/mol. The maximum atomic E-state index is 12.3. The third-order valence-corrected chi connectivity index (χ3v) is 4.27. The average Bonchev–Trinajstić information content (AvgIpc) is 2.65. The highest BCUT2D eigenvalue weighted by molar-refractivity contribution is 7.99. The van der Waals surface area contributed by atoms with Gasteiger partial charge in [0.2, 0.25) is 0 Å². The molecule has 2 aromatic rings. The van der Waals surface area contributed by atoms with Crippen molar-refractivity contribution < 1.29 is 24.2 Å². The molecule has 0 atom stereocenters. The number of aliphatic carboxylic acids is 1. The lowest BCUT2D eigenvalue weighted by molar-refractivity contribution is -0.139. The van der Waals surface area contributed by atoms with Crippen molar-refractivity contribution in [2.75, 3.05) is 25.5 Å². The molecular weight excluding hydrogens is 354 g/mol. The molecule has 2 aromatic carbocycles. The monoisotopic (exact) mass is 375 g/mol. The molecular formula is C19H21NO5S. The fourth-order valence-corrected chi connectivity index (χ4v) is 2.92. The third-order valence-electron chi connectivity index (χ3n) is 3.26. The Morgan fingerprint density at radius 2 is 1.85 bits per heavy atom. The number of amides is 1. The molecule has 0 aliphatic carbocycles. The lowest BCUT2D eigenvalue weighted by atomic mass is 10.2. The predicted octanol–water partition coefficient (Wildman–Crippen LogP) is 3.07. The van der Waals surface area contributed by atoms with Crippen LogP contribution in [0.2, 0.25) is 0 Å². The topological polar surface area (TPSA) is 84.9 Å². The van der Waals surface area contributed by atoms with Gasteiger partial charge in [0.25, 0.3) is 5.91 Å². The van der Waals surface area contributed by atoms with E-state index in [-0.39, 0.29) is 5.91 Å². The van der Waals surface area contributed by atoms with Gasteiger partial charge < -0.3 is 19.9 Å². The fraction of sp³-hybridized carbons (Fsp3) is 0.263. The minimum absolute atomic E-state index is 0.218. The summed E-state index contributed by atoms with van der Waals surface area (Å²) in [4.78, 5) is 24.1. The zero-order valence-electron chi connectivity index (χ0n) is 14.4. The number of ether oxygens (including phenoxy) is 2. The Morgan fingerprint density at radius 1 is 1.08 bits per heavy atom. The van der Waals surface area contributed by atoms with Crippen molar-refractivity contribution in [2.45, 2.75) is 11.8 Å². The van der Waals surface area contributed by atoms with Gasteiger partial charge in [-0.15, -0.1) is 11.8 Å². The molecule has 0 saturated carbocycles. The lowest BCUT2D eigenvalue weighted by Gasteiger charge is -2.12. The first-order valence-electron chi connectivity index (χ1n) is 8.17. The summed E-state index contributed by atoms with van der Waals surface area (Å²) >= 11 is 1.67. The molecule has 26 heavy (non-hydrogen) atoms. The minimum Gasteiger partial charge on any atom is -0.490 e. The maximum Gasteiger partial charge on any atom is 0.341 e. The summed E-state index contributed by atoms with van der Waals surface area (Å²) in [7, 11) is 0. The van der Waals surface area contributed by atoms with Gasteiger partial charge in [-0.3, -0.25) is 4.79 Å². The van der Waals surface area contributed by atoms with Crippen LogP contribution in [-0.2, 0) is 4.79 Å². The second-order valence-electron chi connectivity index (χ2n) is 5.19. The quantitative estimate of drug-likeness (QED) is 0.490. The van der Waals surface area contributed by atoms with Crippen LogP contribution in [0.1, 0.15) is 17.3 Å². The standard InChI is InChI=1S/C19H21NO5S/c1-2-24-17-12-14(8-9-16(17)25-13-18(21)22)19(23)20-10-11-26-15-6-4-3-5-7-15/h3-9,12H,2,10-11,13H2,1H3,(H,20,23)(H,21,22). The van der Waals surface area contributed by atoms with E-state index in [2.05, 4.69) is 5.32 Å². The van der Waals surface area contributed by atoms with E-state index in [1.165, 1.54) is 0 Å². The van der Waals surface area contributed by atoms with Gasteiger partial charge in [0.15, 0.2) is 18.1 Å². The van der Waals surface area contributed by atoms with Crippen LogP contribution >= 0.6 is 11.8 Å². The number of carbonyl (C=O) groups excluding carboxylic acids is 1. The number of rotatable bonds is 10. The number of nitrogens with one attached hydrogen (secondary N) is 1. The largest absolute Gasteiger partial charge is 0.490 e. The molecule has 0 aromatic heterocycles. The summed E-state index contributed by atoms with van der Waals surface area (Å²) in [6, 6.07) is 14.6. The minimum atomic E-state index is -1.08. The Labute approximate surface area is 156 Å². The van der Waals surface area contributed by atoms with Gasteiger partial charge in [0, 0.05) is 22.8 Å². The number of carboxylic acid groups (broad SMARTS) is 1. The van der Waals surface area contributed by atoms with E-state index in [0.29, 0.717) is 30.2 Å². The summed E-state index contributed by atoms with van der Waals surface area (Å²) in [6.45, 7) is 2.23. The molecule has 1 amide bonds. The van der Waals surface area contributed by atoms with Gasteiger partial charge in [-0.2, -0.15) is 0 Å². The molecule has 0 saturated heterocycles. The molecule has 0 aliphatic heterocycles. The van der Waals surface area contributed by atoms with Crippen molar-refractivity contribution in [2.24, 2.45) is 0 Å². The summed E-state index contributed by atoms with van der Waals surface area (Å²) in [5, 5.41) is 11.6.